The van der Waals surface area contributed by atoms with Crippen LogP contribution in [0.4, 0.5) is 5.69 Å². The first-order valence-electron chi connectivity index (χ1n) is 11.7. The van der Waals surface area contributed by atoms with Gasteiger partial charge in [-0.25, -0.2) is 9.67 Å². The second-order valence-corrected chi connectivity index (χ2v) is 8.99. The Bertz CT molecular complexity index is 1510. The third-order valence-corrected chi connectivity index (χ3v) is 5.94. The van der Waals surface area contributed by atoms with Crippen molar-refractivity contribution < 1.29 is 19.2 Å². The molecule has 0 unspecified atom stereocenters. The van der Waals surface area contributed by atoms with Crippen molar-refractivity contribution in [3.8, 4) is 11.7 Å². The summed E-state index contributed by atoms with van der Waals surface area (Å²) >= 11 is 12.5. The average molecular weight is 567 g/mol. The van der Waals surface area contributed by atoms with Crippen LogP contribution in [0.1, 0.15) is 32.0 Å². The van der Waals surface area contributed by atoms with Crippen LogP contribution < -0.4 is 15.4 Å². The molecule has 0 radical (unpaired) electrons. The lowest BCUT2D eigenvalue weighted by Crippen LogP contribution is -2.27. The summed E-state index contributed by atoms with van der Waals surface area (Å²) in [5.74, 6) is -0.610. The highest BCUT2D eigenvalue weighted by Crippen LogP contribution is 2.28. The number of hydrogen-bond donors (Lipinski definition) is 2. The normalized spacial score (nSPS) is 10.9. The molecule has 0 spiro atoms. The van der Waals surface area contributed by atoms with Crippen molar-refractivity contribution in [3.05, 3.63) is 99.3 Å². The lowest BCUT2D eigenvalue weighted by molar-refractivity contribution is 0.0959. The van der Waals surface area contributed by atoms with E-state index in [1.807, 2.05) is 30.3 Å². The number of pyridine rings is 1. The molecule has 2 heterocycles. The molecular formula is C27H24Cl2N6O4. The summed E-state index contributed by atoms with van der Waals surface area (Å²) in [5.41, 5.74) is 2.09. The number of aromatic nitrogens is 3. The Morgan fingerprint density at radius 1 is 1.08 bits per heavy atom. The van der Waals surface area contributed by atoms with E-state index in [4.69, 9.17) is 32.8 Å². The van der Waals surface area contributed by atoms with Crippen LogP contribution >= 0.6 is 23.2 Å². The summed E-state index contributed by atoms with van der Waals surface area (Å²) < 4.78 is 6.48. The fraction of sp³-hybridized carbons (Fsp3) is 0.148. The van der Waals surface area contributed by atoms with E-state index in [2.05, 4.69) is 25.9 Å². The molecular weight excluding hydrogens is 543 g/mol. The average Bonchev–Trinajstić information content (AvgIpc) is 3.37. The number of carbonyl (C=O) groups is 2. The molecule has 2 aromatic carbocycles. The summed E-state index contributed by atoms with van der Waals surface area (Å²) in [5, 5.41) is 14.3. The number of aryl methyl sites for hydroxylation is 1. The van der Waals surface area contributed by atoms with Gasteiger partial charge in [0.25, 0.3) is 11.8 Å². The van der Waals surface area contributed by atoms with Gasteiger partial charge in [0.2, 0.25) is 5.88 Å². The molecule has 0 atom stereocenters. The number of ether oxygens (including phenoxy) is 1. The number of hydrogen-bond acceptors (Lipinski definition) is 7. The Labute approximate surface area is 234 Å². The second kappa shape index (κ2) is 12.9. The van der Waals surface area contributed by atoms with E-state index in [1.165, 1.54) is 36.3 Å². The molecule has 2 aromatic heterocycles. The largest absolute Gasteiger partial charge is 0.480 e. The standard InChI is InChI=1S/C27H24Cl2N6O4/c1-17-13-19(28)14-20(26(36)31-11-12-32-39-16-18-7-4-3-5-8-18)24(17)33-27(37)22-15-23(38-2)34-35(22)25-21(29)9-6-10-30-25/h3-10,12-15H,11,16H2,1-2H3,(H,31,36)(H,33,37)/b32-12+. The van der Waals surface area contributed by atoms with Crippen LogP contribution in [0.25, 0.3) is 5.82 Å². The lowest BCUT2D eigenvalue weighted by atomic mass is 10.1. The Morgan fingerprint density at radius 3 is 2.62 bits per heavy atom. The first kappa shape index (κ1) is 27.6. The van der Waals surface area contributed by atoms with E-state index in [1.54, 1.807) is 25.1 Å². The quantitative estimate of drug-likeness (QED) is 0.204. The number of halogens is 2. The van der Waals surface area contributed by atoms with Crippen molar-refractivity contribution in [2.24, 2.45) is 5.16 Å². The van der Waals surface area contributed by atoms with Crippen molar-refractivity contribution in [1.29, 1.82) is 0 Å². The van der Waals surface area contributed by atoms with Gasteiger partial charge in [0.15, 0.2) is 5.82 Å². The van der Waals surface area contributed by atoms with E-state index >= 15 is 0 Å². The summed E-state index contributed by atoms with van der Waals surface area (Å²) in [7, 11) is 1.43. The SMILES string of the molecule is COc1cc(C(=O)Nc2c(C)cc(Cl)cc2C(=O)NC/C=N/OCc2ccccc2)n(-c2ncccc2Cl)n1. The zero-order chi connectivity index (χ0) is 27.8. The minimum absolute atomic E-state index is 0.0920. The van der Waals surface area contributed by atoms with Gasteiger partial charge in [0.05, 0.1) is 36.1 Å². The zero-order valence-corrected chi connectivity index (χ0v) is 22.5. The molecule has 0 bridgehead atoms. The van der Waals surface area contributed by atoms with Gasteiger partial charge >= 0.3 is 0 Å². The minimum atomic E-state index is -0.567. The van der Waals surface area contributed by atoms with Crippen LogP contribution in [-0.2, 0) is 11.4 Å². The molecule has 2 N–H and O–H groups in total. The number of amides is 2. The first-order chi connectivity index (χ1) is 18.9. The summed E-state index contributed by atoms with van der Waals surface area (Å²) in [6.07, 6.45) is 2.96. The molecule has 4 aromatic rings. The summed E-state index contributed by atoms with van der Waals surface area (Å²) in [6.45, 7) is 2.12. The van der Waals surface area contributed by atoms with Gasteiger partial charge in [-0.3, -0.25) is 9.59 Å². The van der Waals surface area contributed by atoms with E-state index in [9.17, 15) is 9.59 Å². The van der Waals surface area contributed by atoms with Crippen LogP contribution in [-0.4, -0.2) is 46.4 Å². The van der Waals surface area contributed by atoms with Crippen LogP contribution in [0.3, 0.4) is 0 Å². The maximum absolute atomic E-state index is 13.4. The summed E-state index contributed by atoms with van der Waals surface area (Å²) in [4.78, 5) is 35.9. The topological polar surface area (TPSA) is 120 Å². The van der Waals surface area contributed by atoms with E-state index in [-0.39, 0.29) is 40.2 Å². The maximum Gasteiger partial charge on any atom is 0.274 e. The maximum atomic E-state index is 13.4. The van der Waals surface area contributed by atoms with Gasteiger partial charge in [-0.2, -0.15) is 0 Å². The van der Waals surface area contributed by atoms with Crippen LogP contribution in [0.15, 0.2) is 72.0 Å². The molecule has 0 fully saturated rings. The molecule has 0 saturated heterocycles. The molecule has 0 aliphatic carbocycles. The van der Waals surface area contributed by atoms with Crippen molar-refractivity contribution in [2.45, 2.75) is 13.5 Å². The van der Waals surface area contributed by atoms with Crippen molar-refractivity contribution in [1.82, 2.24) is 20.1 Å². The predicted molar refractivity (Wildman–Crippen MR) is 149 cm³/mol. The minimum Gasteiger partial charge on any atom is -0.480 e. The third kappa shape index (κ3) is 6.92. The zero-order valence-electron chi connectivity index (χ0n) is 21.0. The molecule has 0 aliphatic heterocycles. The second-order valence-electron chi connectivity index (χ2n) is 8.15. The van der Waals surface area contributed by atoms with Gasteiger partial charge < -0.3 is 20.2 Å². The molecule has 0 aliphatic rings. The Balaban J connectivity index is 1.50. The van der Waals surface area contributed by atoms with Crippen molar-refractivity contribution in [3.63, 3.8) is 0 Å². The number of nitrogens with one attached hydrogen (secondary N) is 2. The highest BCUT2D eigenvalue weighted by atomic mass is 35.5. The molecule has 0 saturated carbocycles. The van der Waals surface area contributed by atoms with E-state index < -0.39 is 11.8 Å². The van der Waals surface area contributed by atoms with E-state index in [0.29, 0.717) is 17.2 Å². The van der Waals surface area contributed by atoms with Gasteiger partial charge in [0, 0.05) is 17.3 Å². The fourth-order valence-corrected chi connectivity index (χ4v) is 4.07. The van der Waals surface area contributed by atoms with Gasteiger partial charge in [0.1, 0.15) is 12.3 Å². The third-order valence-electron chi connectivity index (χ3n) is 5.43. The van der Waals surface area contributed by atoms with Crippen LogP contribution in [0.5, 0.6) is 5.88 Å². The Kier molecular flexibility index (Phi) is 9.14. The highest BCUT2D eigenvalue weighted by molar-refractivity contribution is 6.32. The number of carbonyl (C=O) groups excluding carboxylic acids is 2. The molecule has 2 amide bonds. The molecule has 10 nitrogen and oxygen atoms in total. The van der Waals surface area contributed by atoms with E-state index in [0.717, 1.165) is 5.56 Å². The van der Waals surface area contributed by atoms with Crippen LogP contribution in [0, 0.1) is 6.92 Å². The number of benzene rings is 2. The van der Waals surface area contributed by atoms with Gasteiger partial charge in [-0.05, 0) is 42.3 Å². The monoisotopic (exact) mass is 566 g/mol. The fourth-order valence-electron chi connectivity index (χ4n) is 3.59. The molecule has 200 valence electrons. The number of nitrogens with zero attached hydrogens (tertiary/aromatic N) is 4. The molecule has 4 rings (SSSR count). The van der Waals surface area contributed by atoms with Crippen molar-refractivity contribution in [2.75, 3.05) is 19.0 Å². The molecule has 12 heteroatoms. The number of oxime groups is 1. The first-order valence-corrected chi connectivity index (χ1v) is 12.5. The van der Waals surface area contributed by atoms with Gasteiger partial charge in [-0.1, -0.05) is 58.7 Å². The van der Waals surface area contributed by atoms with Crippen molar-refractivity contribution >= 4 is 46.9 Å². The van der Waals surface area contributed by atoms with Crippen LogP contribution in [0.2, 0.25) is 10.0 Å². The predicted octanol–water partition coefficient (Wildman–Crippen LogP) is 5.08. The smallest absolute Gasteiger partial charge is 0.274 e. The highest BCUT2D eigenvalue weighted by Gasteiger charge is 2.23. The number of anilines is 1. The molecule has 39 heavy (non-hydrogen) atoms. The number of methoxy groups -OCH3 is 1. The summed E-state index contributed by atoms with van der Waals surface area (Å²) in [6, 6.07) is 17.4. The Hall–Kier alpha value is -4.41. The Morgan fingerprint density at radius 2 is 1.87 bits per heavy atom. The van der Waals surface area contributed by atoms with Gasteiger partial charge in [-0.15, -0.1) is 5.10 Å². The lowest BCUT2D eigenvalue weighted by Gasteiger charge is -2.15. The number of rotatable bonds is 10.